The second-order valence-electron chi connectivity index (χ2n) is 5.31. The first kappa shape index (κ1) is 13.4. The molecule has 7 heteroatoms. The van der Waals surface area contributed by atoms with Crippen LogP contribution in [-0.2, 0) is 4.79 Å². The van der Waals surface area contributed by atoms with E-state index >= 15 is 0 Å². The lowest BCUT2D eigenvalue weighted by atomic mass is 10.1. The Kier molecular flexibility index (Phi) is 2.87. The molecule has 1 aromatic carbocycles. The number of aryl methyl sites for hydroxylation is 1. The third kappa shape index (κ3) is 2.05. The molecule has 0 saturated heterocycles. The van der Waals surface area contributed by atoms with Gasteiger partial charge in [-0.25, -0.2) is 4.98 Å². The van der Waals surface area contributed by atoms with Crippen LogP contribution < -0.4 is 10.1 Å². The minimum Gasteiger partial charge on any atom is -0.482 e. The Morgan fingerprint density at radius 3 is 3.04 bits per heavy atom. The summed E-state index contributed by atoms with van der Waals surface area (Å²) in [5.41, 5.74) is 3.34. The van der Waals surface area contributed by atoms with Crippen LogP contribution in [-0.4, -0.2) is 21.9 Å². The summed E-state index contributed by atoms with van der Waals surface area (Å²) in [4.78, 5) is 27.3. The number of imidazole rings is 1. The Morgan fingerprint density at radius 1 is 1.35 bits per heavy atom. The summed E-state index contributed by atoms with van der Waals surface area (Å²) in [5.74, 6) is 0.606. The van der Waals surface area contributed by atoms with Crippen LogP contribution in [0.5, 0.6) is 5.75 Å². The maximum atomic E-state index is 11.5. The highest BCUT2D eigenvalue weighted by Gasteiger charge is 2.20. The fraction of sp³-hybridized carbons (Fsp3) is 0.125. The van der Waals surface area contributed by atoms with Gasteiger partial charge in [0.15, 0.2) is 6.61 Å². The molecule has 2 aromatic heterocycles. The fourth-order valence-corrected chi connectivity index (χ4v) is 2.70. The lowest BCUT2D eigenvalue weighted by Gasteiger charge is -2.18. The van der Waals surface area contributed by atoms with Crippen LogP contribution in [0.25, 0.3) is 16.9 Å². The predicted octanol–water partition coefficient (Wildman–Crippen LogP) is 3.04. The summed E-state index contributed by atoms with van der Waals surface area (Å²) in [7, 11) is 0. The van der Waals surface area contributed by atoms with Crippen LogP contribution in [0, 0.1) is 11.8 Å². The topological polar surface area (TPSA) is 85.1 Å². The highest BCUT2D eigenvalue weighted by molar-refractivity contribution is 5.96. The number of carbonyl (C=O) groups is 1. The van der Waals surface area contributed by atoms with Gasteiger partial charge in [0.05, 0.1) is 5.69 Å². The van der Waals surface area contributed by atoms with Crippen molar-refractivity contribution in [2.75, 3.05) is 11.9 Å². The van der Waals surface area contributed by atoms with Gasteiger partial charge in [-0.05, 0) is 41.9 Å². The van der Waals surface area contributed by atoms with Crippen molar-refractivity contribution in [1.82, 2.24) is 9.38 Å². The third-order valence-corrected chi connectivity index (χ3v) is 3.79. The van der Waals surface area contributed by atoms with Crippen molar-refractivity contribution in [3.05, 3.63) is 47.0 Å². The van der Waals surface area contributed by atoms with Crippen LogP contribution in [0.4, 0.5) is 11.5 Å². The van der Waals surface area contributed by atoms with Gasteiger partial charge in [-0.2, -0.15) is 0 Å². The average molecular weight is 308 g/mol. The number of nitrogens with one attached hydrogen (secondary N) is 1. The van der Waals surface area contributed by atoms with Gasteiger partial charge in [-0.1, -0.05) is 6.07 Å². The van der Waals surface area contributed by atoms with Crippen molar-refractivity contribution in [2.45, 2.75) is 6.92 Å². The molecule has 114 valence electrons. The van der Waals surface area contributed by atoms with Crippen molar-refractivity contribution in [3.8, 4) is 17.0 Å². The standard InChI is InChI=1S/C16H12N4O3/c1-9-3-2-6-20-15(9)18-14(16(20)19-22)10-4-5-12-11(7-10)17-13(21)8-23-12/h2-7H,8H2,1H3,(H,17,21). The van der Waals surface area contributed by atoms with Gasteiger partial charge in [0.1, 0.15) is 17.1 Å². The second-order valence-corrected chi connectivity index (χ2v) is 5.31. The van der Waals surface area contributed by atoms with E-state index in [9.17, 15) is 9.70 Å². The molecule has 0 fully saturated rings. The Bertz CT molecular complexity index is 961. The van der Waals surface area contributed by atoms with E-state index in [2.05, 4.69) is 15.5 Å². The number of fused-ring (bicyclic) bond motifs is 2. The van der Waals surface area contributed by atoms with Crippen molar-refractivity contribution in [3.63, 3.8) is 0 Å². The molecule has 1 amide bonds. The number of benzene rings is 1. The average Bonchev–Trinajstić information content (AvgIpc) is 2.94. The maximum absolute atomic E-state index is 11.5. The van der Waals surface area contributed by atoms with Gasteiger partial charge < -0.3 is 10.1 Å². The van der Waals surface area contributed by atoms with E-state index in [0.29, 0.717) is 28.3 Å². The zero-order valence-corrected chi connectivity index (χ0v) is 12.2. The number of nitrogens with zero attached hydrogens (tertiary/aromatic N) is 3. The van der Waals surface area contributed by atoms with Crippen molar-refractivity contribution >= 4 is 23.1 Å². The lowest BCUT2D eigenvalue weighted by molar-refractivity contribution is -0.118. The third-order valence-electron chi connectivity index (χ3n) is 3.79. The summed E-state index contributed by atoms with van der Waals surface area (Å²) < 4.78 is 7.00. The molecule has 1 aliphatic rings. The van der Waals surface area contributed by atoms with Gasteiger partial charge in [-0.3, -0.25) is 9.20 Å². The van der Waals surface area contributed by atoms with E-state index in [0.717, 1.165) is 5.56 Å². The summed E-state index contributed by atoms with van der Waals surface area (Å²) in [6.45, 7) is 1.92. The SMILES string of the molecule is Cc1cccn2c(N=O)c(-c3ccc4c(c3)NC(=O)CO4)nc12. The van der Waals surface area contributed by atoms with E-state index in [1.165, 1.54) is 0 Å². The number of ether oxygens (including phenoxy) is 1. The van der Waals surface area contributed by atoms with Crippen LogP contribution in [0.15, 0.2) is 41.7 Å². The number of hydrogen-bond acceptors (Lipinski definition) is 5. The summed E-state index contributed by atoms with van der Waals surface area (Å²) >= 11 is 0. The van der Waals surface area contributed by atoms with E-state index in [4.69, 9.17) is 4.74 Å². The van der Waals surface area contributed by atoms with Crippen molar-refractivity contribution < 1.29 is 9.53 Å². The Labute approximate surface area is 130 Å². The van der Waals surface area contributed by atoms with Gasteiger partial charge in [-0.15, -0.1) is 4.91 Å². The molecule has 1 N–H and O–H groups in total. The number of rotatable bonds is 2. The quantitative estimate of drug-likeness (QED) is 0.737. The Morgan fingerprint density at radius 2 is 2.22 bits per heavy atom. The predicted molar refractivity (Wildman–Crippen MR) is 84.9 cm³/mol. The molecule has 0 saturated carbocycles. The molecule has 7 nitrogen and oxygen atoms in total. The lowest BCUT2D eigenvalue weighted by Crippen LogP contribution is -2.25. The Balaban J connectivity index is 1.92. The maximum Gasteiger partial charge on any atom is 0.262 e. The molecule has 0 atom stereocenters. The van der Waals surface area contributed by atoms with E-state index in [1.54, 1.807) is 28.8 Å². The molecule has 3 aromatic rings. The number of aromatic nitrogens is 2. The number of amides is 1. The van der Waals surface area contributed by atoms with Crippen LogP contribution in [0.3, 0.4) is 0 Å². The van der Waals surface area contributed by atoms with Crippen LogP contribution in [0.1, 0.15) is 5.56 Å². The molecule has 1 aliphatic heterocycles. The minimum atomic E-state index is -0.214. The zero-order valence-electron chi connectivity index (χ0n) is 12.2. The Hall–Kier alpha value is -3.22. The number of nitroso groups, excluding NO2 is 1. The highest BCUT2D eigenvalue weighted by Crippen LogP contribution is 2.36. The van der Waals surface area contributed by atoms with Crippen molar-refractivity contribution in [1.29, 1.82) is 0 Å². The minimum absolute atomic E-state index is 0.00104. The number of anilines is 1. The summed E-state index contributed by atoms with van der Waals surface area (Å²) in [6.07, 6.45) is 1.75. The molecule has 0 radical (unpaired) electrons. The molecule has 4 rings (SSSR count). The molecule has 0 bridgehead atoms. The fourth-order valence-electron chi connectivity index (χ4n) is 2.70. The molecule has 0 spiro atoms. The van der Waals surface area contributed by atoms with Gasteiger partial charge in [0, 0.05) is 11.8 Å². The first-order valence-electron chi connectivity index (χ1n) is 7.05. The zero-order chi connectivity index (χ0) is 16.0. The molecule has 3 heterocycles. The normalized spacial score (nSPS) is 13.3. The van der Waals surface area contributed by atoms with E-state index < -0.39 is 0 Å². The van der Waals surface area contributed by atoms with Crippen molar-refractivity contribution in [2.24, 2.45) is 5.18 Å². The molecular weight excluding hydrogens is 296 g/mol. The monoisotopic (exact) mass is 308 g/mol. The largest absolute Gasteiger partial charge is 0.482 e. The summed E-state index contributed by atoms with van der Waals surface area (Å²) in [6, 6.07) is 9.03. The van der Waals surface area contributed by atoms with Gasteiger partial charge >= 0.3 is 0 Å². The second kappa shape index (κ2) is 4.91. The van der Waals surface area contributed by atoms with Crippen LogP contribution in [0.2, 0.25) is 0 Å². The van der Waals surface area contributed by atoms with Crippen LogP contribution >= 0.6 is 0 Å². The number of pyridine rings is 1. The molecule has 0 unspecified atom stereocenters. The van der Waals surface area contributed by atoms with Gasteiger partial charge in [0.25, 0.3) is 5.91 Å². The van der Waals surface area contributed by atoms with E-state index in [-0.39, 0.29) is 18.3 Å². The summed E-state index contributed by atoms with van der Waals surface area (Å²) in [5, 5.41) is 5.88. The number of carbonyl (C=O) groups excluding carboxylic acids is 1. The van der Waals surface area contributed by atoms with Gasteiger partial charge in [0.2, 0.25) is 5.82 Å². The first-order valence-corrected chi connectivity index (χ1v) is 7.05. The molecular formula is C16H12N4O3. The molecule has 0 aliphatic carbocycles. The smallest absolute Gasteiger partial charge is 0.262 e. The highest BCUT2D eigenvalue weighted by atomic mass is 16.5. The first-order chi connectivity index (χ1) is 11.2. The van der Waals surface area contributed by atoms with E-state index in [1.807, 2.05) is 19.1 Å². The number of hydrogen-bond donors (Lipinski definition) is 1. The molecule has 23 heavy (non-hydrogen) atoms.